The quantitative estimate of drug-likeness (QED) is 0.721. The number of anilines is 2. The van der Waals surface area contributed by atoms with Crippen molar-refractivity contribution in [1.29, 1.82) is 0 Å². The molecule has 0 radical (unpaired) electrons. The summed E-state index contributed by atoms with van der Waals surface area (Å²) >= 11 is 1.65. The molecule has 2 aromatic carbocycles. The van der Waals surface area contributed by atoms with E-state index < -0.39 is 0 Å². The van der Waals surface area contributed by atoms with Gasteiger partial charge in [0.25, 0.3) is 0 Å². The Balaban J connectivity index is 1.85. The minimum atomic E-state index is 0.00777. The third-order valence-electron chi connectivity index (χ3n) is 5.06. The lowest BCUT2D eigenvalue weighted by molar-refractivity contribution is -0.113. The molecule has 1 aliphatic rings. The van der Waals surface area contributed by atoms with Crippen LogP contribution in [0.15, 0.2) is 48.5 Å². The fraction of sp³-hybridized carbons (Fsp3) is 0.273. The van der Waals surface area contributed by atoms with E-state index in [1.807, 2.05) is 43.9 Å². The van der Waals surface area contributed by atoms with Gasteiger partial charge in [-0.1, -0.05) is 30.3 Å². The number of fused-ring (bicyclic) bond motifs is 1. The summed E-state index contributed by atoms with van der Waals surface area (Å²) < 4.78 is 1.88. The van der Waals surface area contributed by atoms with Gasteiger partial charge in [-0.05, 0) is 43.2 Å². The average molecular weight is 393 g/mol. The average Bonchev–Trinajstić information content (AvgIpc) is 2.88. The maximum atomic E-state index is 12.5. The Labute approximate surface area is 169 Å². The van der Waals surface area contributed by atoms with Crippen molar-refractivity contribution in [3.05, 3.63) is 70.9 Å². The van der Waals surface area contributed by atoms with E-state index in [1.165, 1.54) is 5.56 Å². The molecule has 1 atom stereocenters. The molecule has 144 valence electrons. The topological polar surface area (TPSA) is 50.2 Å². The monoisotopic (exact) mass is 392 g/mol. The van der Waals surface area contributed by atoms with E-state index in [1.54, 1.807) is 11.8 Å². The van der Waals surface area contributed by atoms with Crippen molar-refractivity contribution in [3.63, 3.8) is 0 Å². The molecular formula is C22H24N4OS. The van der Waals surface area contributed by atoms with E-state index in [0.29, 0.717) is 5.75 Å². The molecule has 5 nitrogen and oxygen atoms in total. The third kappa shape index (κ3) is 3.29. The fourth-order valence-corrected chi connectivity index (χ4v) is 4.76. The first-order valence-electron chi connectivity index (χ1n) is 9.30. The molecule has 1 N–H and O–H groups in total. The molecule has 0 aliphatic carbocycles. The lowest BCUT2D eigenvalue weighted by Gasteiger charge is -2.18. The number of hydrogen-bond donors (Lipinski definition) is 1. The van der Waals surface area contributed by atoms with Gasteiger partial charge in [-0.15, -0.1) is 11.8 Å². The van der Waals surface area contributed by atoms with Gasteiger partial charge in [-0.2, -0.15) is 5.10 Å². The summed E-state index contributed by atoms with van der Waals surface area (Å²) in [5.41, 5.74) is 6.46. The maximum absolute atomic E-state index is 12.5. The Hall–Kier alpha value is -2.73. The molecule has 0 unspecified atom stereocenters. The smallest absolute Gasteiger partial charge is 0.235 e. The van der Waals surface area contributed by atoms with Gasteiger partial charge < -0.3 is 10.2 Å². The van der Waals surface area contributed by atoms with Crippen molar-refractivity contribution in [2.24, 2.45) is 0 Å². The summed E-state index contributed by atoms with van der Waals surface area (Å²) in [7, 11) is 4.07. The molecule has 2 heterocycles. The number of benzene rings is 2. The van der Waals surface area contributed by atoms with E-state index in [4.69, 9.17) is 5.10 Å². The van der Waals surface area contributed by atoms with Gasteiger partial charge in [-0.3, -0.25) is 4.79 Å². The van der Waals surface area contributed by atoms with Crippen LogP contribution in [0.2, 0.25) is 0 Å². The van der Waals surface area contributed by atoms with Crippen LogP contribution in [0.3, 0.4) is 0 Å². The van der Waals surface area contributed by atoms with Crippen LogP contribution >= 0.6 is 11.8 Å². The van der Waals surface area contributed by atoms with Gasteiger partial charge in [0.05, 0.1) is 22.4 Å². The number of aromatic nitrogens is 2. The van der Waals surface area contributed by atoms with E-state index in [9.17, 15) is 4.79 Å². The minimum absolute atomic E-state index is 0.00777. The van der Waals surface area contributed by atoms with Gasteiger partial charge in [-0.25, -0.2) is 4.68 Å². The minimum Gasteiger partial charge on any atom is -0.378 e. The van der Waals surface area contributed by atoms with Gasteiger partial charge in [0.1, 0.15) is 5.82 Å². The van der Waals surface area contributed by atoms with E-state index in [2.05, 4.69) is 47.5 Å². The zero-order valence-electron chi connectivity index (χ0n) is 16.6. The van der Waals surface area contributed by atoms with Crippen LogP contribution in [0, 0.1) is 13.8 Å². The van der Waals surface area contributed by atoms with Gasteiger partial charge in [0.2, 0.25) is 5.91 Å². The van der Waals surface area contributed by atoms with Gasteiger partial charge in [0, 0.05) is 25.3 Å². The molecule has 0 bridgehead atoms. The van der Waals surface area contributed by atoms with E-state index in [0.717, 1.165) is 34.0 Å². The van der Waals surface area contributed by atoms with Crippen LogP contribution in [-0.2, 0) is 4.79 Å². The largest absolute Gasteiger partial charge is 0.378 e. The molecule has 0 fully saturated rings. The number of para-hydroxylation sites is 1. The van der Waals surface area contributed by atoms with Crippen LogP contribution in [-0.4, -0.2) is 35.5 Å². The summed E-state index contributed by atoms with van der Waals surface area (Å²) in [6.07, 6.45) is 0. The SMILES string of the molecule is Cc1ccccc1-n1nc(C)c2c1NC(=O)CS[C@H]2c1ccc(N(C)C)cc1. The van der Waals surface area contributed by atoms with Crippen LogP contribution in [0.4, 0.5) is 11.5 Å². The lowest BCUT2D eigenvalue weighted by atomic mass is 10.0. The van der Waals surface area contributed by atoms with Crippen LogP contribution in [0.5, 0.6) is 0 Å². The van der Waals surface area contributed by atoms with Crippen molar-refractivity contribution in [1.82, 2.24) is 9.78 Å². The highest BCUT2D eigenvalue weighted by atomic mass is 32.2. The number of rotatable bonds is 3. The Morgan fingerprint density at radius 2 is 1.82 bits per heavy atom. The van der Waals surface area contributed by atoms with Crippen molar-refractivity contribution >= 4 is 29.2 Å². The second-order valence-corrected chi connectivity index (χ2v) is 8.36. The maximum Gasteiger partial charge on any atom is 0.235 e. The molecule has 4 rings (SSSR count). The highest BCUT2D eigenvalue weighted by molar-refractivity contribution is 8.00. The van der Waals surface area contributed by atoms with E-state index in [-0.39, 0.29) is 11.2 Å². The first kappa shape index (κ1) is 18.6. The number of amides is 1. The predicted molar refractivity (Wildman–Crippen MR) is 117 cm³/mol. The lowest BCUT2D eigenvalue weighted by Crippen LogP contribution is -2.16. The molecule has 6 heteroatoms. The number of nitrogens with zero attached hydrogens (tertiary/aromatic N) is 3. The summed E-state index contributed by atoms with van der Waals surface area (Å²) in [6.45, 7) is 4.08. The molecular weight excluding hydrogens is 368 g/mol. The van der Waals surface area contributed by atoms with E-state index >= 15 is 0 Å². The van der Waals surface area contributed by atoms with Crippen molar-refractivity contribution in [3.8, 4) is 5.69 Å². The first-order chi connectivity index (χ1) is 13.5. The molecule has 0 spiro atoms. The van der Waals surface area contributed by atoms with Crippen molar-refractivity contribution < 1.29 is 4.79 Å². The highest BCUT2D eigenvalue weighted by Crippen LogP contribution is 2.44. The summed E-state index contributed by atoms with van der Waals surface area (Å²) in [5, 5.41) is 7.96. The third-order valence-corrected chi connectivity index (χ3v) is 6.33. The van der Waals surface area contributed by atoms with Crippen LogP contribution < -0.4 is 10.2 Å². The van der Waals surface area contributed by atoms with Gasteiger partial charge >= 0.3 is 0 Å². The molecule has 3 aromatic rings. The van der Waals surface area contributed by atoms with Crippen molar-refractivity contribution in [2.45, 2.75) is 19.1 Å². The Morgan fingerprint density at radius 3 is 2.50 bits per heavy atom. The number of hydrogen-bond acceptors (Lipinski definition) is 4. The molecule has 1 aromatic heterocycles. The summed E-state index contributed by atoms with van der Waals surface area (Å²) in [4.78, 5) is 14.5. The normalized spacial score (nSPS) is 16.3. The number of nitrogens with one attached hydrogen (secondary N) is 1. The predicted octanol–water partition coefficient (Wildman–Crippen LogP) is 4.33. The van der Waals surface area contributed by atoms with Crippen molar-refractivity contribution in [2.75, 3.05) is 30.1 Å². The Bertz CT molecular complexity index is 1020. The fourth-order valence-electron chi connectivity index (χ4n) is 3.57. The summed E-state index contributed by atoms with van der Waals surface area (Å²) in [5.74, 6) is 1.21. The number of carbonyl (C=O) groups excluding carboxylic acids is 1. The zero-order valence-corrected chi connectivity index (χ0v) is 17.4. The van der Waals surface area contributed by atoms with Crippen LogP contribution in [0.25, 0.3) is 5.69 Å². The second-order valence-electron chi connectivity index (χ2n) is 7.27. The standard InChI is InChI=1S/C22H24N4OS/c1-14-7-5-6-8-18(14)26-22-20(15(2)24-26)21(28-13-19(27)23-22)16-9-11-17(12-10-16)25(3)4/h5-12,21H,13H2,1-4H3,(H,23,27)/t21-/m0/s1. The molecule has 0 saturated heterocycles. The second kappa shape index (κ2) is 7.36. The number of carbonyl (C=O) groups is 1. The Kier molecular flexibility index (Phi) is 4.89. The molecule has 1 amide bonds. The van der Waals surface area contributed by atoms with Gasteiger partial charge in [0.15, 0.2) is 0 Å². The Morgan fingerprint density at radius 1 is 1.11 bits per heavy atom. The first-order valence-corrected chi connectivity index (χ1v) is 10.3. The summed E-state index contributed by atoms with van der Waals surface area (Å²) in [6, 6.07) is 16.6. The molecule has 1 aliphatic heterocycles. The molecule has 28 heavy (non-hydrogen) atoms. The number of aryl methyl sites for hydroxylation is 2. The highest BCUT2D eigenvalue weighted by Gasteiger charge is 2.30. The van der Waals surface area contributed by atoms with Crippen LogP contribution in [0.1, 0.15) is 27.6 Å². The zero-order chi connectivity index (χ0) is 19.8. The number of thioether (sulfide) groups is 1. The molecule has 0 saturated carbocycles.